The summed E-state index contributed by atoms with van der Waals surface area (Å²) in [6.45, 7) is 6.80. The zero-order valence-corrected chi connectivity index (χ0v) is 11.7. The first-order valence-electron chi connectivity index (χ1n) is 6.68. The Bertz CT molecular complexity index is 558. The molecular weight excluding hydrogens is 239 g/mol. The minimum atomic E-state index is -0.218. The Kier molecular flexibility index (Phi) is 4.20. The first-order chi connectivity index (χ1) is 9.15. The van der Waals surface area contributed by atoms with Gasteiger partial charge in [0.25, 0.3) is 0 Å². The van der Waals surface area contributed by atoms with Gasteiger partial charge in [-0.25, -0.2) is 4.39 Å². The average molecular weight is 258 g/mol. The summed E-state index contributed by atoms with van der Waals surface area (Å²) < 4.78 is 18.8. The van der Waals surface area contributed by atoms with E-state index in [0.29, 0.717) is 6.61 Å². The van der Waals surface area contributed by atoms with Gasteiger partial charge in [0.1, 0.15) is 11.6 Å². The molecule has 19 heavy (non-hydrogen) atoms. The molecule has 2 rings (SSSR count). The highest BCUT2D eigenvalue weighted by atomic mass is 19.1. The molecule has 0 radical (unpaired) electrons. The van der Waals surface area contributed by atoms with E-state index in [4.69, 9.17) is 4.74 Å². The van der Waals surface area contributed by atoms with Gasteiger partial charge in [0.05, 0.1) is 6.61 Å². The lowest BCUT2D eigenvalue weighted by molar-refractivity contribution is 0.341. The highest BCUT2D eigenvalue weighted by Crippen LogP contribution is 2.34. The van der Waals surface area contributed by atoms with Crippen LogP contribution in [0.4, 0.5) is 4.39 Å². The highest BCUT2D eigenvalue weighted by Gasteiger charge is 2.11. The second-order valence-electron chi connectivity index (χ2n) is 4.58. The molecule has 0 fully saturated rings. The fourth-order valence-corrected chi connectivity index (χ4v) is 2.29. The fourth-order valence-electron chi connectivity index (χ4n) is 2.29. The zero-order valence-electron chi connectivity index (χ0n) is 11.7. The van der Waals surface area contributed by atoms with Crippen molar-refractivity contribution in [2.24, 2.45) is 0 Å². The van der Waals surface area contributed by atoms with E-state index in [0.717, 1.165) is 28.9 Å². The quantitative estimate of drug-likeness (QED) is 0.768. The number of hydrogen-bond acceptors (Lipinski definition) is 1. The summed E-state index contributed by atoms with van der Waals surface area (Å²) in [4.78, 5) is 0. The molecule has 0 atom stereocenters. The Labute approximate surface area is 114 Å². The van der Waals surface area contributed by atoms with Crippen LogP contribution in [0.3, 0.4) is 0 Å². The van der Waals surface area contributed by atoms with Gasteiger partial charge >= 0.3 is 0 Å². The van der Waals surface area contributed by atoms with Gasteiger partial charge in [0, 0.05) is 5.56 Å². The number of ether oxygens (including phenoxy) is 1. The molecule has 0 amide bonds. The smallest absolute Gasteiger partial charge is 0.127 e. The molecule has 0 aromatic heterocycles. The van der Waals surface area contributed by atoms with Crippen LogP contribution in [-0.4, -0.2) is 6.61 Å². The van der Waals surface area contributed by atoms with Crippen molar-refractivity contribution in [3.63, 3.8) is 0 Å². The Balaban J connectivity index is 2.57. The van der Waals surface area contributed by atoms with E-state index in [1.807, 2.05) is 6.92 Å². The summed E-state index contributed by atoms with van der Waals surface area (Å²) in [5.74, 6) is 0.662. The number of aryl methyl sites for hydroxylation is 2. The minimum absolute atomic E-state index is 0.218. The van der Waals surface area contributed by atoms with Crippen LogP contribution >= 0.6 is 0 Å². The molecule has 100 valence electrons. The fraction of sp³-hybridized carbons (Fsp3) is 0.294. The van der Waals surface area contributed by atoms with E-state index in [9.17, 15) is 4.39 Å². The maximum atomic E-state index is 13.0. The van der Waals surface area contributed by atoms with Gasteiger partial charge < -0.3 is 4.74 Å². The lowest BCUT2D eigenvalue weighted by Gasteiger charge is -2.15. The Morgan fingerprint density at radius 1 is 1.05 bits per heavy atom. The van der Waals surface area contributed by atoms with Crippen LogP contribution in [0.5, 0.6) is 5.75 Å². The summed E-state index contributed by atoms with van der Waals surface area (Å²) >= 11 is 0. The number of benzene rings is 2. The van der Waals surface area contributed by atoms with Crippen LogP contribution in [0, 0.1) is 12.7 Å². The van der Waals surface area contributed by atoms with E-state index in [1.165, 1.54) is 17.7 Å². The van der Waals surface area contributed by atoms with Crippen molar-refractivity contribution in [1.29, 1.82) is 0 Å². The van der Waals surface area contributed by atoms with Gasteiger partial charge in [0.15, 0.2) is 0 Å². The second-order valence-corrected chi connectivity index (χ2v) is 4.58. The zero-order chi connectivity index (χ0) is 13.8. The monoisotopic (exact) mass is 258 g/mol. The first kappa shape index (κ1) is 13.6. The Hall–Kier alpha value is -1.83. The maximum absolute atomic E-state index is 13.0. The molecule has 0 spiro atoms. The summed E-state index contributed by atoms with van der Waals surface area (Å²) in [6.07, 6.45) is 0.977. The average Bonchev–Trinajstić information content (AvgIpc) is 2.40. The largest absolute Gasteiger partial charge is 0.493 e. The van der Waals surface area contributed by atoms with Gasteiger partial charge in [-0.05, 0) is 55.2 Å². The standard InChI is InChI=1S/C17H19FO/c1-4-13-10-12(3)17(16(11-13)19-5-2)14-6-8-15(18)9-7-14/h6-11H,4-5H2,1-3H3. The van der Waals surface area contributed by atoms with Gasteiger partial charge in [-0.3, -0.25) is 0 Å². The molecule has 2 aromatic carbocycles. The molecule has 1 nitrogen and oxygen atoms in total. The van der Waals surface area contributed by atoms with E-state index in [1.54, 1.807) is 12.1 Å². The summed E-state index contributed by atoms with van der Waals surface area (Å²) in [5.41, 5.74) is 4.46. The third-order valence-electron chi connectivity index (χ3n) is 3.20. The highest BCUT2D eigenvalue weighted by molar-refractivity contribution is 5.74. The van der Waals surface area contributed by atoms with Crippen LogP contribution < -0.4 is 4.74 Å². The molecular formula is C17H19FO. The van der Waals surface area contributed by atoms with Crippen molar-refractivity contribution < 1.29 is 9.13 Å². The molecule has 0 heterocycles. The van der Waals surface area contributed by atoms with Crippen molar-refractivity contribution in [1.82, 2.24) is 0 Å². The summed E-state index contributed by atoms with van der Waals surface area (Å²) in [5, 5.41) is 0. The van der Waals surface area contributed by atoms with E-state index in [-0.39, 0.29) is 5.82 Å². The van der Waals surface area contributed by atoms with E-state index < -0.39 is 0 Å². The van der Waals surface area contributed by atoms with Gasteiger partial charge in [-0.15, -0.1) is 0 Å². The van der Waals surface area contributed by atoms with Crippen molar-refractivity contribution in [2.75, 3.05) is 6.61 Å². The van der Waals surface area contributed by atoms with Crippen molar-refractivity contribution in [2.45, 2.75) is 27.2 Å². The first-order valence-corrected chi connectivity index (χ1v) is 6.68. The van der Waals surface area contributed by atoms with Crippen molar-refractivity contribution >= 4 is 0 Å². The van der Waals surface area contributed by atoms with Crippen LogP contribution in [0.15, 0.2) is 36.4 Å². The number of halogens is 1. The van der Waals surface area contributed by atoms with Crippen LogP contribution in [0.1, 0.15) is 25.0 Å². The van der Waals surface area contributed by atoms with Crippen molar-refractivity contribution in [3.8, 4) is 16.9 Å². The molecule has 2 aromatic rings. The third-order valence-corrected chi connectivity index (χ3v) is 3.20. The molecule has 0 aliphatic carbocycles. The van der Waals surface area contributed by atoms with E-state index >= 15 is 0 Å². The molecule has 0 saturated heterocycles. The van der Waals surface area contributed by atoms with Gasteiger partial charge in [-0.2, -0.15) is 0 Å². The molecule has 0 saturated carbocycles. The summed E-state index contributed by atoms with van der Waals surface area (Å²) in [7, 11) is 0. The number of hydrogen-bond donors (Lipinski definition) is 0. The molecule has 0 unspecified atom stereocenters. The lowest BCUT2D eigenvalue weighted by atomic mass is 9.96. The molecule has 0 N–H and O–H groups in total. The second kappa shape index (κ2) is 5.87. The van der Waals surface area contributed by atoms with Crippen LogP contribution in [0.2, 0.25) is 0 Å². The van der Waals surface area contributed by atoms with Gasteiger partial charge in [0.2, 0.25) is 0 Å². The third kappa shape index (κ3) is 2.95. The lowest BCUT2D eigenvalue weighted by Crippen LogP contribution is -1.98. The SMILES string of the molecule is CCOc1cc(CC)cc(C)c1-c1ccc(F)cc1. The maximum Gasteiger partial charge on any atom is 0.127 e. The predicted octanol–water partition coefficient (Wildman–Crippen LogP) is 4.76. The molecule has 0 bridgehead atoms. The Morgan fingerprint density at radius 2 is 1.74 bits per heavy atom. The molecule has 0 aliphatic rings. The van der Waals surface area contributed by atoms with Crippen molar-refractivity contribution in [3.05, 3.63) is 53.3 Å². The normalized spacial score (nSPS) is 10.5. The topological polar surface area (TPSA) is 9.23 Å². The predicted molar refractivity (Wildman–Crippen MR) is 77.1 cm³/mol. The summed E-state index contributed by atoms with van der Waals surface area (Å²) in [6, 6.07) is 10.8. The molecule has 2 heteroatoms. The van der Waals surface area contributed by atoms with E-state index in [2.05, 4.69) is 26.0 Å². The minimum Gasteiger partial charge on any atom is -0.493 e. The van der Waals surface area contributed by atoms with Crippen LogP contribution in [0.25, 0.3) is 11.1 Å². The Morgan fingerprint density at radius 3 is 2.32 bits per heavy atom. The molecule has 0 aliphatic heterocycles. The number of rotatable bonds is 4. The van der Waals surface area contributed by atoms with Crippen LogP contribution in [-0.2, 0) is 6.42 Å². The van der Waals surface area contributed by atoms with Gasteiger partial charge in [-0.1, -0.05) is 25.1 Å².